The summed E-state index contributed by atoms with van der Waals surface area (Å²) in [6, 6.07) is 6.60. The van der Waals surface area contributed by atoms with E-state index in [1.54, 1.807) is 24.3 Å². The van der Waals surface area contributed by atoms with Crippen LogP contribution in [0.2, 0.25) is 0 Å². The molecular formula is C15H14F2N2O3. The average Bonchev–Trinajstić information content (AvgIpc) is 2.95. The molecule has 5 nitrogen and oxygen atoms in total. The Morgan fingerprint density at radius 3 is 2.77 bits per heavy atom. The van der Waals surface area contributed by atoms with Crippen molar-refractivity contribution in [2.75, 3.05) is 6.61 Å². The summed E-state index contributed by atoms with van der Waals surface area (Å²) in [6.45, 7) is 8.24. The van der Waals surface area contributed by atoms with E-state index in [2.05, 4.69) is 14.7 Å². The van der Waals surface area contributed by atoms with Gasteiger partial charge in [-0.15, -0.1) is 0 Å². The van der Waals surface area contributed by atoms with Crippen LogP contribution < -0.4 is 0 Å². The van der Waals surface area contributed by atoms with Crippen molar-refractivity contribution in [3.63, 3.8) is 0 Å². The number of benzene rings is 1. The van der Waals surface area contributed by atoms with E-state index in [9.17, 15) is 13.6 Å². The van der Waals surface area contributed by atoms with Gasteiger partial charge < -0.3 is 9.57 Å². The summed E-state index contributed by atoms with van der Waals surface area (Å²) in [5, 5.41) is 3.79. The first kappa shape index (κ1) is 15.9. The van der Waals surface area contributed by atoms with Crippen LogP contribution in [0.25, 0.3) is 4.85 Å². The molecule has 0 saturated carbocycles. The number of halogens is 2. The number of hydrogen-bond acceptors (Lipinski definition) is 4. The summed E-state index contributed by atoms with van der Waals surface area (Å²) in [5.41, 5.74) is 1.70. The van der Waals surface area contributed by atoms with Crippen molar-refractivity contribution in [2.24, 2.45) is 5.16 Å². The molecule has 1 unspecified atom stereocenters. The minimum Gasteiger partial charge on any atom is -0.462 e. The monoisotopic (exact) mass is 308 g/mol. The van der Waals surface area contributed by atoms with Crippen molar-refractivity contribution < 1.29 is 23.1 Å². The predicted molar refractivity (Wildman–Crippen MR) is 74.9 cm³/mol. The molecule has 0 N–H and O–H groups in total. The van der Waals surface area contributed by atoms with Crippen LogP contribution in [0.15, 0.2) is 29.4 Å². The van der Waals surface area contributed by atoms with Gasteiger partial charge in [-0.2, -0.15) is 8.78 Å². The first-order valence-corrected chi connectivity index (χ1v) is 6.72. The van der Waals surface area contributed by atoms with Crippen LogP contribution in [0, 0.1) is 6.57 Å². The number of oxime groups is 1. The van der Waals surface area contributed by atoms with E-state index in [4.69, 9.17) is 11.4 Å². The van der Waals surface area contributed by atoms with E-state index >= 15 is 0 Å². The number of nitrogens with zero attached hydrogens (tertiary/aromatic N) is 2. The summed E-state index contributed by atoms with van der Waals surface area (Å²) in [5.74, 6) is -5.15. The molecule has 1 aliphatic heterocycles. The van der Waals surface area contributed by atoms with Crippen molar-refractivity contribution in [1.82, 2.24) is 0 Å². The molecular weight excluding hydrogens is 294 g/mol. The molecule has 1 aliphatic rings. The molecule has 116 valence electrons. The number of hydrogen-bond donors (Lipinski definition) is 0. The van der Waals surface area contributed by atoms with Crippen molar-refractivity contribution in [2.45, 2.75) is 31.8 Å². The number of rotatable bonds is 5. The Hall–Kier alpha value is -2.49. The molecule has 2 rings (SSSR count). The van der Waals surface area contributed by atoms with Crippen LogP contribution in [0.5, 0.6) is 0 Å². The zero-order chi connectivity index (χ0) is 16.2. The second-order valence-electron chi connectivity index (χ2n) is 4.76. The fraction of sp³-hybridized carbons (Fsp3) is 0.400. The molecule has 1 aromatic rings. The highest BCUT2D eigenvalue weighted by Gasteiger charge is 2.44. The van der Waals surface area contributed by atoms with Crippen LogP contribution in [-0.4, -0.2) is 30.3 Å². The molecule has 1 aromatic carbocycles. The first-order chi connectivity index (χ1) is 10.5. The van der Waals surface area contributed by atoms with Crippen LogP contribution >= 0.6 is 0 Å². The third-order valence-corrected chi connectivity index (χ3v) is 3.12. The van der Waals surface area contributed by atoms with Gasteiger partial charge in [0.25, 0.3) is 0 Å². The highest BCUT2D eigenvalue weighted by atomic mass is 19.3. The summed E-state index contributed by atoms with van der Waals surface area (Å²) in [7, 11) is 0. The molecule has 0 aliphatic carbocycles. The van der Waals surface area contributed by atoms with Crippen LogP contribution in [0.1, 0.15) is 25.3 Å². The van der Waals surface area contributed by atoms with E-state index in [1.807, 2.05) is 0 Å². The van der Waals surface area contributed by atoms with Crippen molar-refractivity contribution >= 4 is 17.4 Å². The summed E-state index contributed by atoms with van der Waals surface area (Å²) in [4.78, 5) is 19.4. The van der Waals surface area contributed by atoms with Gasteiger partial charge >= 0.3 is 11.9 Å². The number of carbonyl (C=O) groups excluding carboxylic acids is 1. The quantitative estimate of drug-likeness (QED) is 0.619. The maximum Gasteiger partial charge on any atom is 0.377 e. The minimum absolute atomic E-state index is 0.102. The van der Waals surface area contributed by atoms with Gasteiger partial charge in [0.15, 0.2) is 5.69 Å². The molecule has 1 heterocycles. The number of alkyl halides is 2. The highest BCUT2D eigenvalue weighted by Crippen LogP contribution is 2.29. The molecule has 0 fully saturated rings. The summed E-state index contributed by atoms with van der Waals surface area (Å²) < 4.78 is 31.6. The molecule has 0 amide bonds. The van der Waals surface area contributed by atoms with Crippen LogP contribution in [-0.2, 0) is 14.4 Å². The zero-order valence-corrected chi connectivity index (χ0v) is 11.9. The fourth-order valence-corrected chi connectivity index (χ4v) is 2.04. The van der Waals surface area contributed by atoms with E-state index in [0.29, 0.717) is 17.0 Å². The Balaban J connectivity index is 1.97. The van der Waals surface area contributed by atoms with Gasteiger partial charge in [0.1, 0.15) is 6.10 Å². The summed E-state index contributed by atoms with van der Waals surface area (Å²) in [6.07, 6.45) is -1.49. The molecule has 0 bridgehead atoms. The fourth-order valence-electron chi connectivity index (χ4n) is 2.04. The maximum absolute atomic E-state index is 13.6. The molecule has 7 heteroatoms. The Labute approximate surface area is 126 Å². The Bertz CT molecular complexity index is 621. The maximum atomic E-state index is 13.6. The van der Waals surface area contributed by atoms with E-state index in [1.165, 1.54) is 6.92 Å². The third-order valence-electron chi connectivity index (χ3n) is 3.12. The molecule has 0 saturated heterocycles. The average molecular weight is 308 g/mol. The van der Waals surface area contributed by atoms with Gasteiger partial charge in [-0.3, -0.25) is 0 Å². The van der Waals surface area contributed by atoms with Gasteiger partial charge in [-0.05, 0) is 12.5 Å². The lowest BCUT2D eigenvalue weighted by molar-refractivity contribution is -0.176. The molecule has 0 aromatic heterocycles. The van der Waals surface area contributed by atoms with Gasteiger partial charge in [0.05, 0.1) is 25.3 Å². The Morgan fingerprint density at radius 1 is 1.50 bits per heavy atom. The minimum atomic E-state index is -3.60. The predicted octanol–water partition coefficient (Wildman–Crippen LogP) is 3.32. The second kappa shape index (κ2) is 6.52. The third kappa shape index (κ3) is 3.58. The normalized spacial score (nSPS) is 17.4. The number of carbonyl (C=O) groups is 1. The van der Waals surface area contributed by atoms with Crippen LogP contribution in [0.3, 0.4) is 0 Å². The van der Waals surface area contributed by atoms with E-state index < -0.39 is 24.4 Å². The van der Waals surface area contributed by atoms with Crippen molar-refractivity contribution in [3.05, 3.63) is 41.2 Å². The molecule has 1 atom stereocenters. The summed E-state index contributed by atoms with van der Waals surface area (Å²) >= 11 is 0. The second-order valence-corrected chi connectivity index (χ2v) is 4.76. The lowest BCUT2D eigenvalue weighted by Gasteiger charge is -2.17. The van der Waals surface area contributed by atoms with Gasteiger partial charge in [-0.25, -0.2) is 9.64 Å². The van der Waals surface area contributed by atoms with E-state index in [-0.39, 0.29) is 13.0 Å². The van der Waals surface area contributed by atoms with E-state index in [0.717, 1.165) is 0 Å². The number of esters is 1. The van der Waals surface area contributed by atoms with Crippen LogP contribution in [0.4, 0.5) is 14.5 Å². The smallest absolute Gasteiger partial charge is 0.377 e. The standard InChI is InChI=1S/C15H14F2N2O3/c1-3-21-14(20)15(16,17)9-12-8-13(19-22-12)10-4-6-11(18-2)7-5-10/h4-7,12H,3,8-9H2,1H3. The molecule has 0 radical (unpaired) electrons. The lowest BCUT2D eigenvalue weighted by atomic mass is 10.0. The lowest BCUT2D eigenvalue weighted by Crippen LogP contribution is -2.35. The van der Waals surface area contributed by atoms with Gasteiger partial charge in [0.2, 0.25) is 0 Å². The zero-order valence-electron chi connectivity index (χ0n) is 11.9. The van der Waals surface area contributed by atoms with Crippen molar-refractivity contribution in [3.8, 4) is 0 Å². The SMILES string of the molecule is [C-]#[N+]c1ccc(C2=NOC(CC(F)(F)C(=O)OCC)C2)cc1. The Kier molecular flexibility index (Phi) is 4.71. The molecule has 22 heavy (non-hydrogen) atoms. The topological polar surface area (TPSA) is 52.2 Å². The first-order valence-electron chi connectivity index (χ1n) is 6.72. The largest absolute Gasteiger partial charge is 0.462 e. The van der Waals surface area contributed by atoms with Gasteiger partial charge in [-0.1, -0.05) is 29.4 Å². The van der Waals surface area contributed by atoms with Gasteiger partial charge in [0, 0.05) is 6.42 Å². The Morgan fingerprint density at radius 2 is 2.18 bits per heavy atom. The van der Waals surface area contributed by atoms with Crippen molar-refractivity contribution in [1.29, 1.82) is 0 Å². The molecule has 0 spiro atoms. The number of ether oxygens (including phenoxy) is 1. The highest BCUT2D eigenvalue weighted by molar-refractivity contribution is 6.01.